The number of ether oxygens (including phenoxy) is 1. The lowest BCUT2D eigenvalue weighted by molar-refractivity contribution is -0.139. The van der Waals surface area contributed by atoms with Gasteiger partial charge < -0.3 is 25.2 Å². The molecule has 5 rings (SSSR count). The van der Waals surface area contributed by atoms with Gasteiger partial charge in [-0.3, -0.25) is 9.69 Å². The van der Waals surface area contributed by atoms with Crippen molar-refractivity contribution in [3.8, 4) is 0 Å². The van der Waals surface area contributed by atoms with Gasteiger partial charge in [0.2, 0.25) is 11.9 Å². The molecule has 1 aromatic rings. The number of nitrogens with zero attached hydrogens (tertiary/aromatic N) is 4. The van der Waals surface area contributed by atoms with Crippen LogP contribution in [-0.4, -0.2) is 93.5 Å². The second-order valence-electron chi connectivity index (χ2n) is 11.4. The minimum absolute atomic E-state index is 0.113. The fourth-order valence-corrected chi connectivity index (χ4v) is 6.63. The molecular weight excluding hydrogens is 458 g/mol. The van der Waals surface area contributed by atoms with E-state index >= 15 is 0 Å². The average molecular weight is 502 g/mol. The number of nitrogens with one attached hydrogen (secondary N) is 1. The molecule has 0 bridgehead atoms. The first-order chi connectivity index (χ1) is 17.5. The van der Waals surface area contributed by atoms with E-state index in [0.717, 1.165) is 76.7 Å². The van der Waals surface area contributed by atoms with Gasteiger partial charge in [0.15, 0.2) is 0 Å². The number of likely N-dealkylation sites (tertiary alicyclic amines) is 2. The minimum Gasteiger partial charge on any atom is -0.393 e. The molecule has 1 saturated carbocycles. The van der Waals surface area contributed by atoms with E-state index in [4.69, 9.17) is 4.74 Å². The molecule has 200 valence electrons. The summed E-state index contributed by atoms with van der Waals surface area (Å²) < 4.78 is 5.69. The molecule has 0 unspecified atom stereocenters. The Morgan fingerprint density at radius 2 is 1.75 bits per heavy atom. The molecule has 1 amide bonds. The molecular formula is C27H43N5O4. The molecule has 0 spiro atoms. The van der Waals surface area contributed by atoms with E-state index < -0.39 is 5.60 Å². The monoisotopic (exact) mass is 501 g/mol. The van der Waals surface area contributed by atoms with Crippen LogP contribution >= 0.6 is 0 Å². The molecule has 0 aromatic carbocycles. The molecule has 9 nitrogen and oxygen atoms in total. The van der Waals surface area contributed by atoms with Gasteiger partial charge in [0.1, 0.15) is 5.60 Å². The lowest BCUT2D eigenvalue weighted by atomic mass is 9.81. The Kier molecular flexibility index (Phi) is 8.10. The number of rotatable bonds is 7. The zero-order chi connectivity index (χ0) is 25.0. The predicted molar refractivity (Wildman–Crippen MR) is 136 cm³/mol. The van der Waals surface area contributed by atoms with E-state index in [1.165, 1.54) is 0 Å². The lowest BCUT2D eigenvalue weighted by Crippen LogP contribution is -2.57. The highest BCUT2D eigenvalue weighted by Gasteiger charge is 2.42. The number of hydrogen-bond acceptors (Lipinski definition) is 8. The molecule has 0 radical (unpaired) electrons. The molecule has 3 aliphatic heterocycles. The largest absolute Gasteiger partial charge is 0.393 e. The number of aromatic nitrogens is 2. The average Bonchev–Trinajstić information content (AvgIpc) is 3.36. The number of piperidine rings is 2. The molecule has 3 N–H and O–H groups in total. The predicted octanol–water partition coefficient (Wildman–Crippen LogP) is 2.28. The third kappa shape index (κ3) is 5.85. The summed E-state index contributed by atoms with van der Waals surface area (Å²) in [7, 11) is 0. The maximum Gasteiger partial charge on any atom is 0.224 e. The topological polar surface area (TPSA) is 111 Å². The summed E-state index contributed by atoms with van der Waals surface area (Å²) in [5, 5.41) is 24.1. The molecule has 3 saturated heterocycles. The number of anilines is 1. The molecule has 4 aliphatic rings. The summed E-state index contributed by atoms with van der Waals surface area (Å²) in [6, 6.07) is 1.84. The summed E-state index contributed by atoms with van der Waals surface area (Å²) in [5.74, 6) is 1.36. The smallest absolute Gasteiger partial charge is 0.224 e. The van der Waals surface area contributed by atoms with Crippen molar-refractivity contribution in [1.29, 1.82) is 0 Å². The van der Waals surface area contributed by atoms with Crippen LogP contribution < -0.4 is 5.32 Å². The minimum atomic E-state index is -0.797. The van der Waals surface area contributed by atoms with Crippen molar-refractivity contribution < 1.29 is 19.7 Å². The standard InChI is InChI=1S/C27H43N5O4/c33-22-6-13-31(14-7-22)24(34)19-26(10-17-36-18-11-26)32-15-4-21(5-16-32)20-29-25-28-12-3-23(30-25)27(35)8-1-2-9-27/h3,12,21-22,33,35H,1-2,4-11,13-20H2,(H,28,29,30). The highest BCUT2D eigenvalue weighted by atomic mass is 16.5. The molecule has 1 aromatic heterocycles. The van der Waals surface area contributed by atoms with Crippen molar-refractivity contribution in [2.75, 3.05) is 51.3 Å². The first-order valence-corrected chi connectivity index (χ1v) is 14.0. The van der Waals surface area contributed by atoms with Crippen molar-refractivity contribution in [2.45, 2.75) is 87.9 Å². The van der Waals surface area contributed by atoms with Crippen LogP contribution in [0.4, 0.5) is 5.95 Å². The van der Waals surface area contributed by atoms with Crippen LogP contribution in [-0.2, 0) is 15.1 Å². The van der Waals surface area contributed by atoms with Gasteiger partial charge in [-0.25, -0.2) is 9.97 Å². The van der Waals surface area contributed by atoms with Crippen LogP contribution in [0.3, 0.4) is 0 Å². The summed E-state index contributed by atoms with van der Waals surface area (Å²) in [6.07, 6.45) is 11.0. The normalized spacial score (nSPS) is 25.7. The second-order valence-corrected chi connectivity index (χ2v) is 11.4. The molecule has 9 heteroatoms. The Labute approximate surface area is 214 Å². The van der Waals surface area contributed by atoms with Gasteiger partial charge in [-0.05, 0) is 76.4 Å². The van der Waals surface area contributed by atoms with E-state index in [2.05, 4.69) is 20.2 Å². The van der Waals surface area contributed by atoms with Crippen LogP contribution in [0.1, 0.15) is 76.3 Å². The Morgan fingerprint density at radius 1 is 1.06 bits per heavy atom. The number of aliphatic hydroxyl groups is 2. The maximum absolute atomic E-state index is 13.2. The summed E-state index contributed by atoms with van der Waals surface area (Å²) in [5.41, 5.74) is -0.173. The molecule has 0 atom stereocenters. The SMILES string of the molecule is O=C(CC1(N2CCC(CNc3nccc(C4(O)CCCC4)n3)CC2)CCOCC1)N1CCC(O)CC1. The number of hydrogen-bond donors (Lipinski definition) is 3. The van der Waals surface area contributed by atoms with Crippen LogP contribution in [0.25, 0.3) is 0 Å². The molecule has 36 heavy (non-hydrogen) atoms. The van der Waals surface area contributed by atoms with E-state index in [0.29, 0.717) is 57.4 Å². The van der Waals surface area contributed by atoms with E-state index in [1.807, 2.05) is 11.0 Å². The highest BCUT2D eigenvalue weighted by molar-refractivity contribution is 5.77. The summed E-state index contributed by atoms with van der Waals surface area (Å²) in [6.45, 7) is 5.56. The Bertz CT molecular complexity index is 871. The van der Waals surface area contributed by atoms with Gasteiger partial charge in [-0.2, -0.15) is 0 Å². The van der Waals surface area contributed by atoms with Gasteiger partial charge in [-0.15, -0.1) is 0 Å². The van der Waals surface area contributed by atoms with Crippen LogP contribution in [0, 0.1) is 5.92 Å². The highest BCUT2D eigenvalue weighted by Crippen LogP contribution is 2.38. The zero-order valence-electron chi connectivity index (χ0n) is 21.5. The third-order valence-corrected chi connectivity index (χ3v) is 9.12. The summed E-state index contributed by atoms with van der Waals surface area (Å²) in [4.78, 5) is 26.8. The van der Waals surface area contributed by atoms with Gasteiger partial charge in [0.25, 0.3) is 0 Å². The van der Waals surface area contributed by atoms with Gasteiger partial charge in [-0.1, -0.05) is 12.8 Å². The zero-order valence-corrected chi connectivity index (χ0v) is 21.5. The fourth-order valence-electron chi connectivity index (χ4n) is 6.63. The Morgan fingerprint density at radius 3 is 2.44 bits per heavy atom. The maximum atomic E-state index is 13.2. The Hall–Kier alpha value is -1.81. The van der Waals surface area contributed by atoms with Gasteiger partial charge in [0, 0.05) is 51.0 Å². The van der Waals surface area contributed by atoms with E-state index in [1.54, 1.807) is 6.20 Å². The van der Waals surface area contributed by atoms with E-state index in [9.17, 15) is 15.0 Å². The van der Waals surface area contributed by atoms with Crippen molar-refractivity contribution in [3.63, 3.8) is 0 Å². The first kappa shape index (κ1) is 25.8. The number of amides is 1. The fraction of sp³-hybridized carbons (Fsp3) is 0.815. The van der Waals surface area contributed by atoms with Crippen LogP contribution in [0.15, 0.2) is 12.3 Å². The van der Waals surface area contributed by atoms with Crippen molar-refractivity contribution in [3.05, 3.63) is 18.0 Å². The molecule has 1 aliphatic carbocycles. The van der Waals surface area contributed by atoms with Crippen LogP contribution in [0.5, 0.6) is 0 Å². The number of carbonyl (C=O) groups is 1. The van der Waals surface area contributed by atoms with Crippen molar-refractivity contribution in [2.24, 2.45) is 5.92 Å². The Balaban J connectivity index is 1.14. The number of aliphatic hydroxyl groups excluding tert-OH is 1. The third-order valence-electron chi connectivity index (χ3n) is 9.12. The van der Waals surface area contributed by atoms with E-state index in [-0.39, 0.29) is 17.6 Å². The van der Waals surface area contributed by atoms with Crippen molar-refractivity contribution >= 4 is 11.9 Å². The first-order valence-electron chi connectivity index (χ1n) is 14.0. The number of carbonyl (C=O) groups excluding carboxylic acids is 1. The summed E-state index contributed by atoms with van der Waals surface area (Å²) >= 11 is 0. The van der Waals surface area contributed by atoms with Crippen LogP contribution in [0.2, 0.25) is 0 Å². The molecule has 4 fully saturated rings. The lowest BCUT2D eigenvalue weighted by Gasteiger charge is -2.49. The molecule has 4 heterocycles. The van der Waals surface area contributed by atoms with Gasteiger partial charge in [0.05, 0.1) is 11.8 Å². The quantitative estimate of drug-likeness (QED) is 0.522. The van der Waals surface area contributed by atoms with Gasteiger partial charge >= 0.3 is 0 Å². The second kappa shape index (κ2) is 11.3. The van der Waals surface area contributed by atoms with Crippen molar-refractivity contribution in [1.82, 2.24) is 19.8 Å².